The van der Waals surface area contributed by atoms with Crippen LogP contribution in [0.1, 0.15) is 16.7 Å². The Labute approximate surface area is 163 Å². The number of nitrogens with one attached hydrogen (secondary N) is 1. The number of ether oxygens (including phenoxy) is 1. The summed E-state index contributed by atoms with van der Waals surface area (Å²) in [4.78, 5) is 12.9. The van der Waals surface area contributed by atoms with Gasteiger partial charge in [-0.1, -0.05) is 15.9 Å². The van der Waals surface area contributed by atoms with Crippen LogP contribution in [-0.4, -0.2) is 24.5 Å². The third-order valence-electron chi connectivity index (χ3n) is 3.32. The van der Waals surface area contributed by atoms with Crippen molar-refractivity contribution in [1.82, 2.24) is 5.43 Å². The second kappa shape index (κ2) is 9.68. The van der Waals surface area contributed by atoms with Crippen molar-refractivity contribution >= 4 is 39.8 Å². The summed E-state index contributed by atoms with van der Waals surface area (Å²) in [5, 5.41) is 3.86. The van der Waals surface area contributed by atoms with Gasteiger partial charge in [-0.25, -0.2) is 5.43 Å². The van der Waals surface area contributed by atoms with Gasteiger partial charge in [0.1, 0.15) is 5.75 Å². The van der Waals surface area contributed by atoms with Crippen molar-refractivity contribution in [2.45, 2.75) is 25.4 Å². The van der Waals surface area contributed by atoms with Gasteiger partial charge < -0.3 is 4.74 Å². The minimum absolute atomic E-state index is 0.0674. The number of hydrogen-bond donors (Lipinski definition) is 1. The summed E-state index contributed by atoms with van der Waals surface area (Å²) in [7, 11) is 0. The average Bonchev–Trinajstić information content (AvgIpc) is 2.58. The summed E-state index contributed by atoms with van der Waals surface area (Å²) in [6.45, 7) is 1.13. The number of aryl methyl sites for hydroxylation is 2. The number of carbonyl (C=O) groups is 1. The van der Waals surface area contributed by atoms with Crippen LogP contribution >= 0.6 is 27.7 Å². The summed E-state index contributed by atoms with van der Waals surface area (Å²) in [6.07, 6.45) is 1.43. The Balaban J connectivity index is 1.83. The van der Waals surface area contributed by atoms with E-state index in [-0.39, 0.29) is 17.4 Å². The first-order valence-corrected chi connectivity index (χ1v) is 9.39. The maximum absolute atomic E-state index is 12.1. The molecule has 4 nitrogen and oxygen atoms in total. The van der Waals surface area contributed by atoms with E-state index in [1.54, 1.807) is 12.1 Å². The van der Waals surface area contributed by atoms with E-state index in [2.05, 4.69) is 31.2 Å². The molecule has 1 amide bonds. The predicted octanol–water partition coefficient (Wildman–Crippen LogP) is 4.91. The Morgan fingerprint density at radius 2 is 1.96 bits per heavy atom. The number of rotatable bonds is 7. The molecule has 138 valence electrons. The Kier molecular flexibility index (Phi) is 7.59. The van der Waals surface area contributed by atoms with Gasteiger partial charge in [0, 0.05) is 9.37 Å². The molecule has 0 saturated carbocycles. The van der Waals surface area contributed by atoms with Crippen LogP contribution < -0.4 is 10.2 Å². The Bertz CT molecular complexity index is 799. The fraction of sp³-hybridized carbons (Fsp3) is 0.222. The summed E-state index contributed by atoms with van der Waals surface area (Å²) in [5.74, 6) is 0.0714. The number of thioether (sulfide) groups is 1. The number of hydrazone groups is 1. The number of nitrogens with zero attached hydrogens (tertiary/aromatic N) is 1. The Hall–Kier alpha value is -1.93. The fourth-order valence-electron chi connectivity index (χ4n) is 2.00. The molecule has 2 rings (SSSR count). The molecule has 0 radical (unpaired) electrons. The van der Waals surface area contributed by atoms with Gasteiger partial charge in [0.15, 0.2) is 0 Å². The monoisotopic (exact) mass is 442 g/mol. The first-order valence-electron chi connectivity index (χ1n) is 7.61. The van der Waals surface area contributed by atoms with Crippen molar-refractivity contribution in [3.05, 3.63) is 57.6 Å². The molecular formula is C18H17BrF2N2O2S. The molecule has 0 aliphatic rings. The van der Waals surface area contributed by atoms with E-state index in [0.717, 1.165) is 20.5 Å². The smallest absolute Gasteiger partial charge is 0.387 e. The molecule has 8 heteroatoms. The van der Waals surface area contributed by atoms with Crippen LogP contribution in [0.3, 0.4) is 0 Å². The highest BCUT2D eigenvalue weighted by Gasteiger charge is 2.07. The molecule has 0 aliphatic carbocycles. The SMILES string of the molecule is Cc1cc(SCC(=O)N/N=C\c2ccc(OC(F)F)cc2)c(C)cc1Br. The molecule has 0 saturated heterocycles. The summed E-state index contributed by atoms with van der Waals surface area (Å²) in [5.41, 5.74) is 5.29. The lowest BCUT2D eigenvalue weighted by atomic mass is 10.2. The van der Waals surface area contributed by atoms with Crippen molar-refractivity contribution in [1.29, 1.82) is 0 Å². The number of amides is 1. The van der Waals surface area contributed by atoms with E-state index in [4.69, 9.17) is 0 Å². The molecule has 1 N–H and O–H groups in total. The zero-order valence-corrected chi connectivity index (χ0v) is 16.5. The molecule has 0 heterocycles. The van der Waals surface area contributed by atoms with E-state index >= 15 is 0 Å². The third kappa shape index (κ3) is 6.42. The summed E-state index contributed by atoms with van der Waals surface area (Å²) in [6, 6.07) is 10.00. The van der Waals surface area contributed by atoms with Crippen molar-refractivity contribution in [2.75, 3.05) is 5.75 Å². The van der Waals surface area contributed by atoms with Gasteiger partial charge in [0.25, 0.3) is 0 Å². The fourth-order valence-corrected chi connectivity index (χ4v) is 3.36. The maximum Gasteiger partial charge on any atom is 0.387 e. The third-order valence-corrected chi connectivity index (χ3v) is 5.33. The Morgan fingerprint density at radius 3 is 2.62 bits per heavy atom. The van der Waals surface area contributed by atoms with Gasteiger partial charge in [-0.05, 0) is 66.9 Å². The van der Waals surface area contributed by atoms with Gasteiger partial charge in [-0.15, -0.1) is 11.8 Å². The first kappa shape index (κ1) is 20.4. The molecule has 2 aromatic rings. The molecule has 0 aliphatic heterocycles. The maximum atomic E-state index is 12.1. The van der Waals surface area contributed by atoms with Gasteiger partial charge in [-0.3, -0.25) is 4.79 Å². The zero-order valence-electron chi connectivity index (χ0n) is 14.1. The van der Waals surface area contributed by atoms with Crippen LogP contribution in [0.4, 0.5) is 8.78 Å². The molecule has 26 heavy (non-hydrogen) atoms. The topological polar surface area (TPSA) is 50.7 Å². The van der Waals surface area contributed by atoms with Gasteiger partial charge >= 0.3 is 6.61 Å². The minimum Gasteiger partial charge on any atom is -0.435 e. The van der Waals surface area contributed by atoms with Gasteiger partial charge in [-0.2, -0.15) is 13.9 Å². The number of hydrogen-bond acceptors (Lipinski definition) is 4. The van der Waals surface area contributed by atoms with Crippen LogP contribution in [0, 0.1) is 13.8 Å². The number of carbonyl (C=O) groups excluding carboxylic acids is 1. The van der Waals surface area contributed by atoms with E-state index < -0.39 is 6.61 Å². The van der Waals surface area contributed by atoms with E-state index in [1.165, 1.54) is 30.1 Å². The highest BCUT2D eigenvalue weighted by molar-refractivity contribution is 9.10. The van der Waals surface area contributed by atoms with Crippen molar-refractivity contribution in [2.24, 2.45) is 5.10 Å². The van der Waals surface area contributed by atoms with Crippen molar-refractivity contribution in [3.63, 3.8) is 0 Å². The van der Waals surface area contributed by atoms with Crippen LogP contribution in [0.5, 0.6) is 5.75 Å². The molecular weight excluding hydrogens is 426 g/mol. The highest BCUT2D eigenvalue weighted by Crippen LogP contribution is 2.28. The second-order valence-electron chi connectivity index (χ2n) is 5.40. The van der Waals surface area contributed by atoms with Crippen LogP contribution in [0.15, 0.2) is 50.9 Å². The lowest BCUT2D eigenvalue weighted by molar-refractivity contribution is -0.118. The molecule has 0 atom stereocenters. The van der Waals surface area contributed by atoms with E-state index in [1.807, 2.05) is 26.0 Å². The standard InChI is InChI=1S/C18H17BrF2N2O2S/c1-11-8-16(12(2)7-15(11)19)26-10-17(24)23-22-9-13-3-5-14(6-4-13)25-18(20)21/h3-9,18H,10H2,1-2H3,(H,23,24)/b22-9-. The number of alkyl halides is 2. The second-order valence-corrected chi connectivity index (χ2v) is 7.27. The quantitative estimate of drug-likeness (QED) is 0.376. The minimum atomic E-state index is -2.86. The molecule has 0 aromatic heterocycles. The molecule has 0 unspecified atom stereocenters. The van der Waals surface area contributed by atoms with Gasteiger partial charge in [0.05, 0.1) is 12.0 Å². The molecule has 0 bridgehead atoms. The largest absolute Gasteiger partial charge is 0.435 e. The van der Waals surface area contributed by atoms with Crippen molar-refractivity contribution in [3.8, 4) is 5.75 Å². The van der Waals surface area contributed by atoms with Gasteiger partial charge in [0.2, 0.25) is 5.91 Å². The summed E-state index contributed by atoms with van der Waals surface area (Å²) >= 11 is 4.92. The zero-order chi connectivity index (χ0) is 19.1. The normalized spacial score (nSPS) is 11.2. The first-order chi connectivity index (χ1) is 12.3. The Morgan fingerprint density at radius 1 is 1.27 bits per heavy atom. The van der Waals surface area contributed by atoms with Crippen molar-refractivity contribution < 1.29 is 18.3 Å². The van der Waals surface area contributed by atoms with E-state index in [0.29, 0.717) is 5.56 Å². The molecule has 0 fully saturated rings. The summed E-state index contributed by atoms with van der Waals surface area (Å²) < 4.78 is 29.4. The number of benzene rings is 2. The lowest BCUT2D eigenvalue weighted by Gasteiger charge is -2.08. The highest BCUT2D eigenvalue weighted by atomic mass is 79.9. The molecule has 0 spiro atoms. The van der Waals surface area contributed by atoms with Crippen LogP contribution in [0.2, 0.25) is 0 Å². The van der Waals surface area contributed by atoms with Crippen LogP contribution in [0.25, 0.3) is 0 Å². The predicted molar refractivity (Wildman–Crippen MR) is 103 cm³/mol. The average molecular weight is 443 g/mol. The number of halogens is 3. The lowest BCUT2D eigenvalue weighted by Crippen LogP contribution is -2.19. The molecule has 2 aromatic carbocycles. The van der Waals surface area contributed by atoms with Crippen LogP contribution in [-0.2, 0) is 4.79 Å². The van der Waals surface area contributed by atoms with E-state index in [9.17, 15) is 13.6 Å².